The first-order chi connectivity index (χ1) is 13.1. The molecule has 0 fully saturated rings. The lowest BCUT2D eigenvalue weighted by molar-refractivity contribution is 0.0954. The fourth-order valence-corrected chi connectivity index (χ4v) is 3.02. The van der Waals surface area contributed by atoms with E-state index in [1.54, 1.807) is 30.7 Å². The molecule has 1 aromatic carbocycles. The third kappa shape index (κ3) is 3.44. The molecule has 138 valence electrons. The minimum atomic E-state index is -0.311. The van der Waals surface area contributed by atoms with Crippen LogP contribution in [-0.2, 0) is 6.54 Å². The van der Waals surface area contributed by atoms with Crippen LogP contribution in [-0.4, -0.2) is 23.5 Å². The Labute approximate surface area is 156 Å². The molecule has 7 heteroatoms. The normalized spacial score (nSPS) is 12.7. The number of hydrogen-bond donors (Lipinski definition) is 1. The summed E-state index contributed by atoms with van der Waals surface area (Å²) in [7, 11) is 0. The van der Waals surface area contributed by atoms with Crippen LogP contribution >= 0.6 is 0 Å². The lowest BCUT2D eigenvalue weighted by Crippen LogP contribution is -2.17. The van der Waals surface area contributed by atoms with E-state index in [0.29, 0.717) is 23.6 Å². The van der Waals surface area contributed by atoms with Crippen molar-refractivity contribution in [3.05, 3.63) is 70.9 Å². The van der Waals surface area contributed by atoms with E-state index in [1.165, 1.54) is 0 Å². The van der Waals surface area contributed by atoms with Crippen LogP contribution in [0.5, 0.6) is 11.5 Å². The lowest BCUT2D eigenvalue weighted by atomic mass is 10.2. The summed E-state index contributed by atoms with van der Waals surface area (Å²) in [4.78, 5) is 12.3. The molecule has 1 amide bonds. The van der Waals surface area contributed by atoms with E-state index in [0.717, 1.165) is 22.7 Å². The second kappa shape index (κ2) is 7.03. The van der Waals surface area contributed by atoms with Gasteiger partial charge in [0, 0.05) is 22.5 Å². The molecule has 1 aliphatic rings. The van der Waals surface area contributed by atoms with Gasteiger partial charge in [0.1, 0.15) is 5.76 Å². The van der Waals surface area contributed by atoms with E-state index >= 15 is 0 Å². The van der Waals surface area contributed by atoms with Crippen LogP contribution in [0.2, 0.25) is 0 Å². The first kappa shape index (κ1) is 17.0. The number of hydrogen-bond acceptors (Lipinski definition) is 5. The highest BCUT2D eigenvalue weighted by Gasteiger charge is 2.16. The SMILES string of the molecule is Cc1cc(/C=N/NC(=O)c2ccc3c(c2)OCO3)c(C)n1Cc1ccco1. The van der Waals surface area contributed by atoms with Crippen molar-refractivity contribution in [1.82, 2.24) is 9.99 Å². The monoisotopic (exact) mass is 365 g/mol. The van der Waals surface area contributed by atoms with Crippen LogP contribution < -0.4 is 14.9 Å². The summed E-state index contributed by atoms with van der Waals surface area (Å²) in [5.41, 5.74) is 6.08. The molecular formula is C20H19N3O4. The van der Waals surface area contributed by atoms with Crippen molar-refractivity contribution in [3.8, 4) is 11.5 Å². The van der Waals surface area contributed by atoms with E-state index in [9.17, 15) is 4.79 Å². The number of rotatable bonds is 5. The summed E-state index contributed by atoms with van der Waals surface area (Å²) in [5, 5.41) is 4.09. The molecule has 0 bridgehead atoms. The zero-order valence-corrected chi connectivity index (χ0v) is 15.1. The molecule has 3 heterocycles. The van der Waals surface area contributed by atoms with Gasteiger partial charge < -0.3 is 18.5 Å². The average molecular weight is 365 g/mol. The Bertz CT molecular complexity index is 1000. The number of carbonyl (C=O) groups is 1. The zero-order chi connectivity index (χ0) is 18.8. The van der Waals surface area contributed by atoms with Gasteiger partial charge in [-0.05, 0) is 50.2 Å². The van der Waals surface area contributed by atoms with Crippen molar-refractivity contribution in [1.29, 1.82) is 0 Å². The third-order valence-electron chi connectivity index (χ3n) is 4.51. The predicted octanol–water partition coefficient (Wildman–Crippen LogP) is 3.24. The van der Waals surface area contributed by atoms with E-state index in [4.69, 9.17) is 13.9 Å². The molecular weight excluding hydrogens is 346 g/mol. The van der Waals surface area contributed by atoms with E-state index in [2.05, 4.69) is 15.1 Å². The molecule has 1 N–H and O–H groups in total. The number of benzene rings is 1. The summed E-state index contributed by atoms with van der Waals surface area (Å²) in [6.45, 7) is 4.86. The minimum Gasteiger partial charge on any atom is -0.467 e. The van der Waals surface area contributed by atoms with Gasteiger partial charge in [-0.3, -0.25) is 4.79 Å². The van der Waals surface area contributed by atoms with E-state index in [1.807, 2.05) is 32.0 Å². The molecule has 7 nitrogen and oxygen atoms in total. The number of nitrogens with one attached hydrogen (secondary N) is 1. The Hall–Kier alpha value is -3.48. The summed E-state index contributed by atoms with van der Waals surface area (Å²) in [6.07, 6.45) is 3.31. The number of aromatic nitrogens is 1. The highest BCUT2D eigenvalue weighted by Crippen LogP contribution is 2.32. The summed E-state index contributed by atoms with van der Waals surface area (Å²) >= 11 is 0. The van der Waals surface area contributed by atoms with Gasteiger partial charge in [0.15, 0.2) is 11.5 Å². The van der Waals surface area contributed by atoms with Gasteiger partial charge in [0.2, 0.25) is 6.79 Å². The number of ether oxygens (including phenoxy) is 2. The van der Waals surface area contributed by atoms with Crippen LogP contribution in [0.4, 0.5) is 0 Å². The molecule has 0 saturated heterocycles. The topological polar surface area (TPSA) is 78.0 Å². The lowest BCUT2D eigenvalue weighted by Gasteiger charge is -2.07. The van der Waals surface area contributed by atoms with Gasteiger partial charge in [0.05, 0.1) is 19.0 Å². The van der Waals surface area contributed by atoms with E-state index in [-0.39, 0.29) is 12.7 Å². The second-order valence-corrected chi connectivity index (χ2v) is 6.26. The number of carbonyl (C=O) groups excluding carboxylic acids is 1. The van der Waals surface area contributed by atoms with Crippen LogP contribution in [0.15, 0.2) is 52.2 Å². The van der Waals surface area contributed by atoms with Gasteiger partial charge in [0.25, 0.3) is 5.91 Å². The Morgan fingerprint density at radius 3 is 2.89 bits per heavy atom. The fourth-order valence-electron chi connectivity index (χ4n) is 3.02. The van der Waals surface area contributed by atoms with Crippen LogP contribution in [0.25, 0.3) is 0 Å². The van der Waals surface area contributed by atoms with Gasteiger partial charge in [-0.1, -0.05) is 0 Å². The quantitative estimate of drug-likeness (QED) is 0.556. The molecule has 0 unspecified atom stereocenters. The third-order valence-corrected chi connectivity index (χ3v) is 4.51. The Morgan fingerprint density at radius 2 is 2.07 bits per heavy atom. The van der Waals surface area contributed by atoms with Crippen LogP contribution in [0, 0.1) is 13.8 Å². The summed E-state index contributed by atoms with van der Waals surface area (Å²) in [5.74, 6) is 1.78. The fraction of sp³-hybridized carbons (Fsp3) is 0.200. The van der Waals surface area contributed by atoms with Crippen LogP contribution in [0.3, 0.4) is 0 Å². The molecule has 0 saturated carbocycles. The number of amides is 1. The average Bonchev–Trinajstić information content (AvgIpc) is 3.39. The maximum Gasteiger partial charge on any atom is 0.271 e. The Balaban J connectivity index is 1.44. The maximum absolute atomic E-state index is 12.3. The van der Waals surface area contributed by atoms with Crippen LogP contribution in [0.1, 0.15) is 33.1 Å². The number of fused-ring (bicyclic) bond motifs is 1. The van der Waals surface area contributed by atoms with Gasteiger partial charge in [-0.25, -0.2) is 5.43 Å². The molecule has 27 heavy (non-hydrogen) atoms. The molecule has 0 aliphatic carbocycles. The van der Waals surface area contributed by atoms with Crippen molar-refractivity contribution < 1.29 is 18.7 Å². The summed E-state index contributed by atoms with van der Waals surface area (Å²) in [6, 6.07) is 10.9. The largest absolute Gasteiger partial charge is 0.467 e. The zero-order valence-electron chi connectivity index (χ0n) is 15.1. The van der Waals surface area contributed by atoms with Gasteiger partial charge in [-0.2, -0.15) is 5.10 Å². The van der Waals surface area contributed by atoms with Crippen molar-refractivity contribution in [3.63, 3.8) is 0 Å². The number of furan rings is 1. The number of aryl methyl sites for hydroxylation is 1. The maximum atomic E-state index is 12.3. The number of hydrazone groups is 1. The molecule has 3 aromatic rings. The first-order valence-corrected chi connectivity index (χ1v) is 8.54. The Kier molecular flexibility index (Phi) is 4.42. The van der Waals surface area contributed by atoms with Crippen molar-refractivity contribution in [2.24, 2.45) is 5.10 Å². The highest BCUT2D eigenvalue weighted by molar-refractivity contribution is 5.95. The smallest absolute Gasteiger partial charge is 0.271 e. The van der Waals surface area contributed by atoms with Gasteiger partial charge >= 0.3 is 0 Å². The second-order valence-electron chi connectivity index (χ2n) is 6.26. The molecule has 2 aromatic heterocycles. The molecule has 1 aliphatic heterocycles. The molecule has 0 radical (unpaired) electrons. The van der Waals surface area contributed by atoms with Crippen molar-refractivity contribution in [2.45, 2.75) is 20.4 Å². The first-order valence-electron chi connectivity index (χ1n) is 8.54. The predicted molar refractivity (Wildman–Crippen MR) is 99.3 cm³/mol. The van der Waals surface area contributed by atoms with Gasteiger partial charge in [-0.15, -0.1) is 0 Å². The molecule has 0 spiro atoms. The standard InChI is InChI=1S/C20H19N3O4/c1-13-8-16(14(2)23(13)11-17-4-3-7-25-17)10-21-22-20(24)15-5-6-18-19(9-15)27-12-26-18/h3-10H,11-12H2,1-2H3,(H,22,24)/b21-10+. The minimum absolute atomic E-state index is 0.173. The van der Waals surface area contributed by atoms with Crippen molar-refractivity contribution in [2.75, 3.05) is 6.79 Å². The number of nitrogens with zero attached hydrogens (tertiary/aromatic N) is 2. The highest BCUT2D eigenvalue weighted by atomic mass is 16.7. The van der Waals surface area contributed by atoms with E-state index < -0.39 is 0 Å². The summed E-state index contributed by atoms with van der Waals surface area (Å²) < 4.78 is 18.1. The van der Waals surface area contributed by atoms with Crippen molar-refractivity contribution >= 4 is 12.1 Å². The molecule has 4 rings (SSSR count). The molecule has 0 atom stereocenters. The Morgan fingerprint density at radius 1 is 1.22 bits per heavy atom.